The predicted molar refractivity (Wildman–Crippen MR) is 104 cm³/mol. The van der Waals surface area contributed by atoms with Crippen LogP contribution in [0.5, 0.6) is 0 Å². The number of carbonyl (C=O) groups excluding carboxylic acids is 1. The van der Waals surface area contributed by atoms with Gasteiger partial charge < -0.3 is 15.2 Å². The normalized spacial score (nSPS) is 12.5. The molecule has 1 unspecified atom stereocenters. The van der Waals surface area contributed by atoms with Gasteiger partial charge in [0.1, 0.15) is 6.61 Å². The molecule has 5 nitrogen and oxygen atoms in total. The maximum absolute atomic E-state index is 12.3. The summed E-state index contributed by atoms with van der Waals surface area (Å²) in [4.78, 5) is 24.1. The van der Waals surface area contributed by atoms with Gasteiger partial charge >= 0.3 is 12.1 Å². The number of carboxylic acids is 1. The lowest BCUT2D eigenvalue weighted by Crippen LogP contribution is -2.42. The van der Waals surface area contributed by atoms with Crippen molar-refractivity contribution in [1.82, 2.24) is 5.32 Å². The van der Waals surface area contributed by atoms with Crippen LogP contribution in [-0.2, 0) is 16.1 Å². The molecule has 0 saturated carbocycles. The largest absolute Gasteiger partial charge is 0.481 e. The summed E-state index contributed by atoms with van der Waals surface area (Å²) in [5, 5.41) is 12.4. The van der Waals surface area contributed by atoms with Gasteiger partial charge in [0, 0.05) is 0 Å². The predicted octanol–water partition coefficient (Wildman–Crippen LogP) is 4.89. The molecule has 0 spiro atoms. The average molecular weight is 369 g/mol. The number of hydrogen-bond donors (Lipinski definition) is 2. The first-order valence-corrected chi connectivity index (χ1v) is 9.02. The molecule has 0 saturated heterocycles. The Morgan fingerprint density at radius 2 is 1.56 bits per heavy atom. The molecule has 2 N–H and O–H groups in total. The molecule has 0 heterocycles. The van der Waals surface area contributed by atoms with E-state index in [0.717, 1.165) is 16.7 Å². The summed E-state index contributed by atoms with van der Waals surface area (Å²) in [7, 11) is 0. The lowest BCUT2D eigenvalue weighted by Gasteiger charge is -2.31. The topological polar surface area (TPSA) is 75.6 Å². The third-order valence-corrected chi connectivity index (χ3v) is 4.68. The second kappa shape index (κ2) is 8.71. The van der Waals surface area contributed by atoms with Gasteiger partial charge in [-0.05, 0) is 36.5 Å². The van der Waals surface area contributed by atoms with Gasteiger partial charge in [0.05, 0.1) is 11.5 Å². The van der Waals surface area contributed by atoms with Crippen LogP contribution in [0.3, 0.4) is 0 Å². The number of nitrogens with one attached hydrogen (secondary N) is 1. The van der Waals surface area contributed by atoms with E-state index in [0.29, 0.717) is 5.92 Å². The smallest absolute Gasteiger partial charge is 0.407 e. The van der Waals surface area contributed by atoms with E-state index in [-0.39, 0.29) is 6.61 Å². The number of hydrogen-bond acceptors (Lipinski definition) is 3. The molecule has 2 rings (SSSR count). The second-order valence-corrected chi connectivity index (χ2v) is 7.49. The van der Waals surface area contributed by atoms with Crippen LogP contribution < -0.4 is 5.32 Å². The first-order chi connectivity index (χ1) is 12.7. The fourth-order valence-electron chi connectivity index (χ4n) is 2.76. The molecule has 5 heteroatoms. The van der Waals surface area contributed by atoms with Crippen molar-refractivity contribution in [3.05, 3.63) is 71.3 Å². The van der Waals surface area contributed by atoms with E-state index in [4.69, 9.17) is 4.74 Å². The van der Waals surface area contributed by atoms with E-state index >= 15 is 0 Å². The molecule has 0 aliphatic rings. The molecule has 0 radical (unpaired) electrons. The number of rotatable bonds is 7. The van der Waals surface area contributed by atoms with Crippen LogP contribution in [0, 0.1) is 5.41 Å². The van der Waals surface area contributed by atoms with Gasteiger partial charge in [-0.25, -0.2) is 4.79 Å². The van der Waals surface area contributed by atoms with Gasteiger partial charge in [-0.15, -0.1) is 0 Å². The summed E-state index contributed by atoms with van der Waals surface area (Å²) >= 11 is 0. The van der Waals surface area contributed by atoms with Crippen molar-refractivity contribution in [3.8, 4) is 0 Å². The molecular formula is C22H27NO4. The Hall–Kier alpha value is -2.82. The van der Waals surface area contributed by atoms with Crippen molar-refractivity contribution in [3.63, 3.8) is 0 Å². The Kier molecular flexibility index (Phi) is 6.61. The Labute approximate surface area is 160 Å². The average Bonchev–Trinajstić information content (AvgIpc) is 2.65. The quantitative estimate of drug-likeness (QED) is 0.729. The maximum atomic E-state index is 12.3. The zero-order valence-corrected chi connectivity index (χ0v) is 16.2. The summed E-state index contributed by atoms with van der Waals surface area (Å²) in [6, 6.07) is 16.3. The Morgan fingerprint density at radius 3 is 2.07 bits per heavy atom. The minimum Gasteiger partial charge on any atom is -0.481 e. The highest BCUT2D eigenvalue weighted by Crippen LogP contribution is 2.34. The van der Waals surface area contributed by atoms with E-state index in [1.807, 2.05) is 54.6 Å². The van der Waals surface area contributed by atoms with Crippen molar-refractivity contribution in [2.75, 3.05) is 0 Å². The van der Waals surface area contributed by atoms with Gasteiger partial charge in [0.2, 0.25) is 0 Å². The summed E-state index contributed by atoms with van der Waals surface area (Å²) in [6.07, 6.45) is -0.647. The van der Waals surface area contributed by atoms with Crippen molar-refractivity contribution in [2.45, 2.75) is 46.3 Å². The van der Waals surface area contributed by atoms with Crippen LogP contribution >= 0.6 is 0 Å². The van der Waals surface area contributed by atoms with Crippen molar-refractivity contribution in [1.29, 1.82) is 0 Å². The van der Waals surface area contributed by atoms with E-state index in [2.05, 4.69) is 19.2 Å². The van der Waals surface area contributed by atoms with Gasteiger partial charge in [-0.2, -0.15) is 0 Å². The summed E-state index contributed by atoms with van der Waals surface area (Å²) in [5.74, 6) is -0.627. The lowest BCUT2D eigenvalue weighted by molar-refractivity contribution is -0.148. The molecule has 1 amide bonds. The number of alkyl carbamates (subject to hydrolysis) is 1. The first-order valence-electron chi connectivity index (χ1n) is 9.02. The van der Waals surface area contributed by atoms with Crippen LogP contribution in [0.25, 0.3) is 0 Å². The highest BCUT2D eigenvalue weighted by atomic mass is 16.5. The number of carbonyl (C=O) groups is 2. The number of aliphatic carboxylic acids is 1. The number of amides is 1. The molecular weight excluding hydrogens is 342 g/mol. The molecule has 27 heavy (non-hydrogen) atoms. The van der Waals surface area contributed by atoms with Gasteiger partial charge in [0.25, 0.3) is 0 Å². The molecule has 144 valence electrons. The van der Waals surface area contributed by atoms with Crippen LogP contribution in [0.4, 0.5) is 4.79 Å². The molecule has 0 fully saturated rings. The van der Waals surface area contributed by atoms with Crippen LogP contribution in [0.2, 0.25) is 0 Å². The first kappa shape index (κ1) is 20.5. The van der Waals surface area contributed by atoms with Crippen molar-refractivity contribution in [2.24, 2.45) is 5.41 Å². The number of benzene rings is 2. The van der Waals surface area contributed by atoms with Crippen molar-refractivity contribution >= 4 is 12.1 Å². The molecule has 0 bridgehead atoms. The SMILES string of the molecule is CC(C)c1ccc(C(NC(=O)OCc2ccccc2)C(C)(C)C(=O)O)cc1. The fourth-order valence-corrected chi connectivity index (χ4v) is 2.76. The summed E-state index contributed by atoms with van der Waals surface area (Å²) in [6.45, 7) is 7.49. The zero-order chi connectivity index (χ0) is 20.0. The van der Waals surface area contributed by atoms with Crippen LogP contribution in [0.1, 0.15) is 56.3 Å². The third kappa shape index (κ3) is 5.33. The van der Waals surface area contributed by atoms with Gasteiger partial charge in [-0.3, -0.25) is 4.79 Å². The van der Waals surface area contributed by atoms with Gasteiger partial charge in [0.15, 0.2) is 0 Å². The van der Waals surface area contributed by atoms with Crippen LogP contribution in [0.15, 0.2) is 54.6 Å². The molecule has 2 aromatic carbocycles. The number of ether oxygens (including phenoxy) is 1. The Bertz CT molecular complexity index is 767. The minimum absolute atomic E-state index is 0.124. The van der Waals surface area contributed by atoms with E-state index in [1.165, 1.54) is 0 Å². The number of carboxylic acid groups (broad SMARTS) is 1. The van der Waals surface area contributed by atoms with E-state index in [9.17, 15) is 14.7 Å². The minimum atomic E-state index is -1.20. The zero-order valence-electron chi connectivity index (χ0n) is 16.2. The fraction of sp³-hybridized carbons (Fsp3) is 0.364. The Balaban J connectivity index is 2.17. The van der Waals surface area contributed by atoms with Gasteiger partial charge in [-0.1, -0.05) is 68.4 Å². The summed E-state index contributed by atoms with van der Waals surface area (Å²) in [5.41, 5.74) is 1.54. The van der Waals surface area contributed by atoms with Crippen LogP contribution in [-0.4, -0.2) is 17.2 Å². The molecule has 1 atom stereocenters. The van der Waals surface area contributed by atoms with E-state index in [1.54, 1.807) is 13.8 Å². The molecule has 0 aliphatic heterocycles. The monoisotopic (exact) mass is 369 g/mol. The molecule has 0 aliphatic carbocycles. The Morgan fingerprint density at radius 1 is 1.00 bits per heavy atom. The second-order valence-electron chi connectivity index (χ2n) is 7.49. The highest BCUT2D eigenvalue weighted by molar-refractivity contribution is 5.77. The van der Waals surface area contributed by atoms with E-state index < -0.39 is 23.5 Å². The molecule has 2 aromatic rings. The van der Waals surface area contributed by atoms with Crippen molar-refractivity contribution < 1.29 is 19.4 Å². The maximum Gasteiger partial charge on any atom is 0.407 e. The molecule has 0 aromatic heterocycles. The third-order valence-electron chi connectivity index (χ3n) is 4.68. The standard InChI is InChI=1S/C22H27NO4/c1-15(2)17-10-12-18(13-11-17)19(22(3,4)20(24)25)23-21(26)27-14-16-8-6-5-7-9-16/h5-13,15,19H,14H2,1-4H3,(H,23,26)(H,24,25). The highest BCUT2D eigenvalue weighted by Gasteiger charge is 2.39. The lowest BCUT2D eigenvalue weighted by atomic mass is 9.80. The summed E-state index contributed by atoms with van der Waals surface area (Å²) < 4.78 is 5.27.